The van der Waals surface area contributed by atoms with Crippen LogP contribution in [-0.4, -0.2) is 50.9 Å². The summed E-state index contributed by atoms with van der Waals surface area (Å²) in [4.78, 5) is 4.21. The molecule has 0 atom stereocenters. The van der Waals surface area contributed by atoms with Crippen LogP contribution in [0.15, 0.2) is 30.3 Å². The summed E-state index contributed by atoms with van der Waals surface area (Å²) >= 11 is 0. The van der Waals surface area contributed by atoms with Gasteiger partial charge < -0.3 is 4.90 Å². The molecule has 28 heavy (non-hydrogen) atoms. The van der Waals surface area contributed by atoms with Gasteiger partial charge >= 0.3 is 0 Å². The van der Waals surface area contributed by atoms with E-state index in [2.05, 4.69) is 35.9 Å². The maximum Gasteiger partial charge on any atom is 0.178 e. The summed E-state index contributed by atoms with van der Waals surface area (Å²) < 4.78 is 29.1. The number of rotatable bonds is 4. The Hall–Kier alpha value is -2.61. The van der Waals surface area contributed by atoms with E-state index >= 15 is 0 Å². The molecule has 6 nitrogen and oxygen atoms in total. The normalized spacial score (nSPS) is 15.5. The minimum Gasteiger partial charge on any atom is -0.352 e. The zero-order chi connectivity index (χ0) is 20.1. The fourth-order valence-corrected chi connectivity index (χ4v) is 3.40. The predicted molar refractivity (Wildman–Crippen MR) is 103 cm³/mol. The van der Waals surface area contributed by atoms with E-state index in [9.17, 15) is 8.78 Å². The van der Waals surface area contributed by atoms with E-state index < -0.39 is 5.82 Å². The second kappa shape index (κ2) is 6.77. The van der Waals surface area contributed by atoms with Gasteiger partial charge in [-0.05, 0) is 37.4 Å². The molecule has 0 aliphatic carbocycles. The van der Waals surface area contributed by atoms with Crippen LogP contribution in [-0.2, 0) is 12.0 Å². The number of fused-ring (bicyclic) bond motifs is 1. The van der Waals surface area contributed by atoms with Crippen LogP contribution >= 0.6 is 0 Å². The first-order valence-electron chi connectivity index (χ1n) is 9.34. The molecule has 1 fully saturated rings. The first-order chi connectivity index (χ1) is 13.2. The molecule has 8 heteroatoms. The molecule has 0 spiro atoms. The number of hydrogen-bond donors (Lipinski definition) is 0. The van der Waals surface area contributed by atoms with E-state index in [0.717, 1.165) is 36.4 Å². The largest absolute Gasteiger partial charge is 0.352 e. The molecule has 0 saturated carbocycles. The van der Waals surface area contributed by atoms with Crippen molar-refractivity contribution in [2.45, 2.75) is 38.8 Å². The summed E-state index contributed by atoms with van der Waals surface area (Å²) in [6.45, 7) is 8.17. The third-order valence-electron chi connectivity index (χ3n) is 5.16. The summed E-state index contributed by atoms with van der Waals surface area (Å²) in [5, 5.41) is 13.2. The topological polar surface area (TPSA) is 49.6 Å². The molecule has 3 aromatic rings. The molecule has 4 rings (SSSR count). The van der Waals surface area contributed by atoms with E-state index in [-0.39, 0.29) is 17.3 Å². The lowest BCUT2D eigenvalue weighted by Crippen LogP contribution is -2.58. The Morgan fingerprint density at radius 1 is 1.11 bits per heavy atom. The number of likely N-dealkylation sites (N-methyl/N-ethyl adjacent to an activating group) is 1. The van der Waals surface area contributed by atoms with Gasteiger partial charge in [0.15, 0.2) is 11.5 Å². The van der Waals surface area contributed by atoms with Gasteiger partial charge in [0.25, 0.3) is 0 Å². The highest BCUT2D eigenvalue weighted by Gasteiger charge is 2.32. The zero-order valence-corrected chi connectivity index (χ0v) is 16.5. The summed E-state index contributed by atoms with van der Waals surface area (Å²) in [7, 11) is 1.93. The number of halogens is 2. The second-order valence-corrected chi connectivity index (χ2v) is 8.44. The maximum absolute atomic E-state index is 13.9. The molecule has 148 valence electrons. The minimum absolute atomic E-state index is 0.155. The van der Waals surface area contributed by atoms with Crippen LogP contribution in [0.3, 0.4) is 0 Å². The van der Waals surface area contributed by atoms with Gasteiger partial charge in [-0.3, -0.25) is 4.90 Å². The van der Waals surface area contributed by atoms with E-state index in [1.165, 1.54) is 12.1 Å². The Bertz CT molecular complexity index is 1000. The van der Waals surface area contributed by atoms with Crippen LogP contribution in [0.25, 0.3) is 5.65 Å². The highest BCUT2D eigenvalue weighted by Crippen LogP contribution is 2.25. The Morgan fingerprint density at radius 2 is 1.86 bits per heavy atom. The number of benzene rings is 1. The SMILES string of the molecule is CN(Cc1cc(F)ccc1F)C1CN(c2ccc3nnc(C(C)(C)C)n3n2)C1. The fraction of sp³-hybridized carbons (Fsp3) is 0.450. The lowest BCUT2D eigenvalue weighted by Gasteiger charge is -2.44. The van der Waals surface area contributed by atoms with E-state index in [1.54, 1.807) is 4.52 Å². The molecule has 0 radical (unpaired) electrons. The Kier molecular flexibility index (Phi) is 4.53. The molecule has 1 aliphatic heterocycles. The first kappa shape index (κ1) is 18.7. The number of nitrogens with zero attached hydrogens (tertiary/aromatic N) is 6. The highest BCUT2D eigenvalue weighted by atomic mass is 19.1. The molecular formula is C20H24F2N6. The van der Waals surface area contributed by atoms with Crippen LogP contribution in [0.1, 0.15) is 32.2 Å². The van der Waals surface area contributed by atoms with Crippen LogP contribution in [0.5, 0.6) is 0 Å². The van der Waals surface area contributed by atoms with Crippen molar-refractivity contribution in [2.24, 2.45) is 0 Å². The summed E-state index contributed by atoms with van der Waals surface area (Å²) in [5.41, 5.74) is 0.946. The fourth-order valence-electron chi connectivity index (χ4n) is 3.40. The van der Waals surface area contributed by atoms with Gasteiger partial charge in [0.2, 0.25) is 0 Å². The summed E-state index contributed by atoms with van der Waals surface area (Å²) in [6, 6.07) is 7.70. The molecule has 1 aliphatic rings. The standard InChI is InChI=1S/C20H24F2N6/c1-20(2,3)19-24-23-17-7-8-18(25-28(17)19)27-11-15(12-27)26(4)10-13-9-14(21)5-6-16(13)22/h5-9,15H,10-12H2,1-4H3. The number of hydrogen-bond acceptors (Lipinski definition) is 5. The van der Waals surface area contributed by atoms with Gasteiger partial charge in [0, 0.05) is 36.7 Å². The molecule has 2 aromatic heterocycles. The van der Waals surface area contributed by atoms with Crippen molar-refractivity contribution in [1.82, 2.24) is 24.7 Å². The monoisotopic (exact) mass is 386 g/mol. The highest BCUT2D eigenvalue weighted by molar-refractivity contribution is 5.48. The van der Waals surface area contributed by atoms with Gasteiger partial charge in [-0.25, -0.2) is 8.78 Å². The average molecular weight is 386 g/mol. The maximum atomic E-state index is 13.9. The van der Waals surface area contributed by atoms with Crippen LogP contribution in [0.2, 0.25) is 0 Å². The van der Waals surface area contributed by atoms with Crippen molar-refractivity contribution < 1.29 is 8.78 Å². The number of anilines is 1. The van der Waals surface area contributed by atoms with E-state index in [1.807, 2.05) is 24.1 Å². The molecule has 0 bridgehead atoms. The molecule has 0 amide bonds. The molecule has 1 aromatic carbocycles. The molecule has 1 saturated heterocycles. The van der Waals surface area contributed by atoms with Gasteiger partial charge in [-0.15, -0.1) is 15.3 Å². The Balaban J connectivity index is 1.45. The first-order valence-corrected chi connectivity index (χ1v) is 9.34. The van der Waals surface area contributed by atoms with Crippen LogP contribution in [0.4, 0.5) is 14.6 Å². The summed E-state index contributed by atoms with van der Waals surface area (Å²) in [5.74, 6) is 0.888. The minimum atomic E-state index is -0.416. The van der Waals surface area contributed by atoms with Gasteiger partial charge in [-0.1, -0.05) is 20.8 Å². The Labute approximate surface area is 162 Å². The molecule has 0 N–H and O–H groups in total. The predicted octanol–water partition coefficient (Wildman–Crippen LogP) is 3.02. The second-order valence-electron chi connectivity index (χ2n) is 8.44. The van der Waals surface area contributed by atoms with Crippen molar-refractivity contribution in [1.29, 1.82) is 0 Å². The lowest BCUT2D eigenvalue weighted by molar-refractivity contribution is 0.194. The third kappa shape index (κ3) is 3.44. The van der Waals surface area contributed by atoms with Crippen molar-refractivity contribution in [3.05, 3.63) is 53.4 Å². The van der Waals surface area contributed by atoms with Crippen LogP contribution < -0.4 is 4.90 Å². The van der Waals surface area contributed by atoms with Crippen molar-refractivity contribution in [3.63, 3.8) is 0 Å². The average Bonchev–Trinajstić information content (AvgIpc) is 3.00. The van der Waals surface area contributed by atoms with Crippen molar-refractivity contribution in [3.8, 4) is 0 Å². The third-order valence-corrected chi connectivity index (χ3v) is 5.16. The number of aromatic nitrogens is 4. The van der Waals surface area contributed by atoms with E-state index in [0.29, 0.717) is 12.1 Å². The zero-order valence-electron chi connectivity index (χ0n) is 16.5. The molecule has 0 unspecified atom stereocenters. The van der Waals surface area contributed by atoms with Crippen molar-refractivity contribution in [2.75, 3.05) is 25.0 Å². The molecule has 3 heterocycles. The quantitative estimate of drug-likeness (QED) is 0.690. The smallest absolute Gasteiger partial charge is 0.178 e. The van der Waals surface area contributed by atoms with Gasteiger partial charge in [0.1, 0.15) is 17.5 Å². The van der Waals surface area contributed by atoms with E-state index in [4.69, 9.17) is 5.10 Å². The van der Waals surface area contributed by atoms with Gasteiger partial charge in [0.05, 0.1) is 0 Å². The summed E-state index contributed by atoms with van der Waals surface area (Å²) in [6.07, 6.45) is 0. The van der Waals surface area contributed by atoms with Crippen molar-refractivity contribution >= 4 is 11.5 Å². The van der Waals surface area contributed by atoms with Crippen LogP contribution in [0, 0.1) is 11.6 Å². The Morgan fingerprint density at radius 3 is 2.57 bits per heavy atom. The lowest BCUT2D eigenvalue weighted by atomic mass is 9.96. The molecular weight excluding hydrogens is 362 g/mol. The van der Waals surface area contributed by atoms with Gasteiger partial charge in [-0.2, -0.15) is 4.52 Å².